The number of hydrogen-bond donors (Lipinski definition) is 0. The molecule has 1 aromatic carbocycles. The third-order valence-electron chi connectivity index (χ3n) is 2.71. The van der Waals surface area contributed by atoms with Crippen molar-refractivity contribution in [2.45, 2.75) is 9.92 Å². The number of hydrogen-bond acceptors (Lipinski definition) is 8. The van der Waals surface area contributed by atoms with Gasteiger partial charge in [-0.3, -0.25) is 10.1 Å². The van der Waals surface area contributed by atoms with Crippen LogP contribution in [0.3, 0.4) is 0 Å². The molecule has 8 nitrogen and oxygen atoms in total. The summed E-state index contributed by atoms with van der Waals surface area (Å²) in [6.07, 6.45) is 2.82. The molecule has 0 bridgehead atoms. The number of halogens is 1. The first-order valence-electron chi connectivity index (χ1n) is 6.07. The average Bonchev–Trinajstić information content (AvgIpc) is 2.55. The smallest absolute Gasteiger partial charge is 0.341 e. The van der Waals surface area contributed by atoms with E-state index in [1.807, 2.05) is 0 Å². The molecular formula is C13H10ClN3O5S. The number of benzene rings is 1. The van der Waals surface area contributed by atoms with Crippen LogP contribution < -0.4 is 4.74 Å². The van der Waals surface area contributed by atoms with E-state index in [1.165, 1.54) is 32.7 Å². The van der Waals surface area contributed by atoms with E-state index in [2.05, 4.69) is 14.7 Å². The molecule has 0 aliphatic rings. The Morgan fingerprint density at radius 1 is 1.30 bits per heavy atom. The van der Waals surface area contributed by atoms with Crippen LogP contribution in [0.4, 0.5) is 5.69 Å². The number of esters is 1. The highest BCUT2D eigenvalue weighted by molar-refractivity contribution is 7.99. The van der Waals surface area contributed by atoms with E-state index < -0.39 is 10.9 Å². The summed E-state index contributed by atoms with van der Waals surface area (Å²) in [6.45, 7) is 0. The minimum atomic E-state index is -0.737. The van der Waals surface area contributed by atoms with Crippen molar-refractivity contribution >= 4 is 35.0 Å². The SMILES string of the molecule is COC(=O)c1cc([N+](=O)[O-])c(Sc2nccnc2Cl)cc1OC. The van der Waals surface area contributed by atoms with Crippen LogP contribution in [0.15, 0.2) is 34.4 Å². The van der Waals surface area contributed by atoms with Gasteiger partial charge in [0, 0.05) is 24.5 Å². The van der Waals surface area contributed by atoms with Crippen LogP contribution in [0, 0.1) is 10.1 Å². The quantitative estimate of drug-likeness (QED) is 0.458. The highest BCUT2D eigenvalue weighted by Crippen LogP contribution is 2.40. The fraction of sp³-hybridized carbons (Fsp3) is 0.154. The lowest BCUT2D eigenvalue weighted by Gasteiger charge is -2.10. The second-order valence-corrected chi connectivity index (χ2v) is 5.41. The Balaban J connectivity index is 2.56. The van der Waals surface area contributed by atoms with Gasteiger partial charge in [0.1, 0.15) is 16.3 Å². The molecule has 1 heterocycles. The summed E-state index contributed by atoms with van der Waals surface area (Å²) >= 11 is 6.86. The number of carbonyl (C=O) groups is 1. The second kappa shape index (κ2) is 7.25. The lowest BCUT2D eigenvalue weighted by atomic mass is 10.2. The number of nitrogens with zero attached hydrogens (tertiary/aromatic N) is 3. The van der Waals surface area contributed by atoms with Gasteiger partial charge in [0.25, 0.3) is 5.69 Å². The predicted molar refractivity (Wildman–Crippen MR) is 82.2 cm³/mol. The summed E-state index contributed by atoms with van der Waals surface area (Å²) in [7, 11) is 2.52. The van der Waals surface area contributed by atoms with Crippen molar-refractivity contribution < 1.29 is 19.2 Å². The molecule has 2 aromatic rings. The third kappa shape index (κ3) is 3.69. The Hall–Kier alpha value is -2.39. The van der Waals surface area contributed by atoms with E-state index in [4.69, 9.17) is 16.3 Å². The van der Waals surface area contributed by atoms with Crippen molar-refractivity contribution in [2.75, 3.05) is 14.2 Å². The highest BCUT2D eigenvalue weighted by Gasteiger charge is 2.24. The van der Waals surface area contributed by atoms with Crippen LogP contribution in [0.1, 0.15) is 10.4 Å². The van der Waals surface area contributed by atoms with Gasteiger partial charge in [-0.05, 0) is 0 Å². The standard InChI is InChI=1S/C13H10ClN3O5S/c1-21-9-6-10(23-12-11(14)15-3-4-16-12)8(17(19)20)5-7(9)13(18)22-2/h3-6H,1-2H3. The number of aromatic nitrogens is 2. The molecule has 0 N–H and O–H groups in total. The highest BCUT2D eigenvalue weighted by atomic mass is 35.5. The topological polar surface area (TPSA) is 104 Å². The average molecular weight is 356 g/mol. The van der Waals surface area contributed by atoms with Crippen LogP contribution >= 0.6 is 23.4 Å². The van der Waals surface area contributed by atoms with Gasteiger partial charge >= 0.3 is 5.97 Å². The molecular weight excluding hydrogens is 346 g/mol. The first-order valence-corrected chi connectivity index (χ1v) is 7.26. The molecule has 120 valence electrons. The summed E-state index contributed by atoms with van der Waals surface area (Å²) < 4.78 is 9.70. The van der Waals surface area contributed by atoms with Crippen LogP contribution in [-0.2, 0) is 4.74 Å². The van der Waals surface area contributed by atoms with E-state index in [-0.39, 0.29) is 27.0 Å². The van der Waals surface area contributed by atoms with E-state index in [1.54, 1.807) is 0 Å². The molecule has 2 rings (SSSR count). The van der Waals surface area contributed by atoms with E-state index in [9.17, 15) is 14.9 Å². The molecule has 1 aromatic heterocycles. The zero-order valence-corrected chi connectivity index (χ0v) is 13.6. The van der Waals surface area contributed by atoms with Crippen molar-refractivity contribution in [1.82, 2.24) is 9.97 Å². The van der Waals surface area contributed by atoms with E-state index in [0.717, 1.165) is 17.8 Å². The summed E-state index contributed by atoms with van der Waals surface area (Å²) in [5, 5.41) is 11.7. The molecule has 0 atom stereocenters. The maximum atomic E-state index is 11.7. The minimum absolute atomic E-state index is 0.0451. The summed E-state index contributed by atoms with van der Waals surface area (Å²) in [6, 6.07) is 2.46. The first kappa shape index (κ1) is 17.0. The van der Waals surface area contributed by atoms with Gasteiger partial charge in [-0.25, -0.2) is 14.8 Å². The lowest BCUT2D eigenvalue weighted by Crippen LogP contribution is -2.06. The molecule has 0 spiro atoms. The molecule has 23 heavy (non-hydrogen) atoms. The van der Waals surface area contributed by atoms with Gasteiger partial charge in [0.15, 0.2) is 5.15 Å². The van der Waals surface area contributed by atoms with Crippen molar-refractivity contribution in [2.24, 2.45) is 0 Å². The predicted octanol–water partition coefficient (Wildman–Crippen LogP) is 2.98. The van der Waals surface area contributed by atoms with Crippen LogP contribution in [0.2, 0.25) is 5.15 Å². The maximum Gasteiger partial charge on any atom is 0.341 e. The minimum Gasteiger partial charge on any atom is -0.496 e. The molecule has 0 saturated heterocycles. The molecule has 0 radical (unpaired) electrons. The Kier molecular flexibility index (Phi) is 5.35. The number of ether oxygens (including phenoxy) is 2. The van der Waals surface area contributed by atoms with Crippen molar-refractivity contribution in [1.29, 1.82) is 0 Å². The zero-order valence-electron chi connectivity index (χ0n) is 12.0. The number of carbonyl (C=O) groups excluding carboxylic acids is 1. The number of nitro benzene ring substituents is 1. The Labute approximate surface area is 139 Å². The molecule has 0 unspecified atom stereocenters. The number of methoxy groups -OCH3 is 2. The van der Waals surface area contributed by atoms with E-state index >= 15 is 0 Å². The molecule has 10 heteroatoms. The Bertz CT molecular complexity index is 771. The van der Waals surface area contributed by atoms with E-state index in [0.29, 0.717) is 5.03 Å². The van der Waals surface area contributed by atoms with Crippen molar-refractivity contribution in [3.8, 4) is 5.75 Å². The Morgan fingerprint density at radius 2 is 2.00 bits per heavy atom. The van der Waals surface area contributed by atoms with Gasteiger partial charge in [-0.2, -0.15) is 0 Å². The maximum absolute atomic E-state index is 11.7. The second-order valence-electron chi connectivity index (χ2n) is 4.02. The Morgan fingerprint density at radius 3 is 2.57 bits per heavy atom. The molecule has 0 fully saturated rings. The first-order chi connectivity index (χ1) is 11.0. The van der Waals surface area contributed by atoms with Crippen LogP contribution in [-0.4, -0.2) is 35.1 Å². The zero-order chi connectivity index (χ0) is 17.0. The van der Waals surface area contributed by atoms with Gasteiger partial charge in [-0.1, -0.05) is 23.4 Å². The fourth-order valence-corrected chi connectivity index (χ4v) is 2.78. The van der Waals surface area contributed by atoms with Gasteiger partial charge in [0.05, 0.1) is 24.0 Å². The largest absolute Gasteiger partial charge is 0.496 e. The molecule has 0 saturated carbocycles. The fourth-order valence-electron chi connectivity index (χ4n) is 1.69. The monoisotopic (exact) mass is 355 g/mol. The molecule has 0 amide bonds. The van der Waals surface area contributed by atoms with Crippen LogP contribution in [0.5, 0.6) is 5.75 Å². The van der Waals surface area contributed by atoms with Crippen LogP contribution in [0.25, 0.3) is 0 Å². The summed E-state index contributed by atoms with van der Waals surface area (Å²) in [4.78, 5) is 30.5. The normalized spacial score (nSPS) is 10.2. The lowest BCUT2D eigenvalue weighted by molar-refractivity contribution is -0.387. The van der Waals surface area contributed by atoms with Crippen molar-refractivity contribution in [3.63, 3.8) is 0 Å². The van der Waals surface area contributed by atoms with Gasteiger partial charge < -0.3 is 9.47 Å². The van der Waals surface area contributed by atoms with Gasteiger partial charge in [-0.15, -0.1) is 0 Å². The number of nitro groups is 1. The number of rotatable bonds is 5. The molecule has 0 aliphatic heterocycles. The van der Waals surface area contributed by atoms with Crippen molar-refractivity contribution in [3.05, 3.63) is 45.4 Å². The van der Waals surface area contributed by atoms with Gasteiger partial charge in [0.2, 0.25) is 0 Å². The summed E-state index contributed by atoms with van der Waals surface area (Å²) in [5.41, 5.74) is -0.339. The third-order valence-corrected chi connectivity index (χ3v) is 4.14. The molecule has 0 aliphatic carbocycles. The summed E-state index contributed by atoms with van der Waals surface area (Å²) in [5.74, 6) is -0.594.